The molecule has 4 rings (SSSR count). The van der Waals surface area contributed by atoms with Gasteiger partial charge in [0.1, 0.15) is 5.71 Å². The van der Waals surface area contributed by atoms with Crippen LogP contribution in [0.15, 0.2) is 40.2 Å². The van der Waals surface area contributed by atoms with E-state index in [1.807, 2.05) is 0 Å². The van der Waals surface area contributed by atoms with Crippen LogP contribution in [0.4, 0.5) is 18.0 Å². The summed E-state index contributed by atoms with van der Waals surface area (Å²) in [5, 5.41) is 21.0. The van der Waals surface area contributed by atoms with Gasteiger partial charge < -0.3 is 10.1 Å². The number of hydrogen-bond donors (Lipinski definition) is 2. The number of aromatic nitrogens is 2. The smallest absolute Gasteiger partial charge is 0.428 e. The van der Waals surface area contributed by atoms with Crippen LogP contribution >= 0.6 is 15.9 Å². The molecule has 2 aromatic rings. The number of ether oxygens (including phenoxy) is 1. The second-order valence-electron chi connectivity index (χ2n) is 9.49. The van der Waals surface area contributed by atoms with Gasteiger partial charge in [0.15, 0.2) is 5.60 Å². The SMILES string of the molecule is C[C@@H](CC1(C#N)CCC2(CC1)OC(=O)NN=C2c1cccc(C(F)(F)F)c1Br)NC(=O)c1cnn(C)c1. The maximum absolute atomic E-state index is 13.5. The summed E-state index contributed by atoms with van der Waals surface area (Å²) in [7, 11) is 1.70. The van der Waals surface area contributed by atoms with E-state index < -0.39 is 28.8 Å². The van der Waals surface area contributed by atoms with Crippen LogP contribution in [0, 0.1) is 16.7 Å². The Balaban J connectivity index is 1.54. The number of aryl methyl sites for hydroxylation is 1. The second kappa shape index (κ2) is 9.81. The molecule has 37 heavy (non-hydrogen) atoms. The Kier molecular flexibility index (Phi) is 7.07. The van der Waals surface area contributed by atoms with Gasteiger partial charge in [-0.25, -0.2) is 10.2 Å². The van der Waals surface area contributed by atoms with E-state index in [0.29, 0.717) is 24.8 Å². The van der Waals surface area contributed by atoms with Crippen LogP contribution in [0.3, 0.4) is 0 Å². The lowest BCUT2D eigenvalue weighted by Crippen LogP contribution is -2.54. The number of benzene rings is 1. The normalized spacial score (nSPS) is 24.5. The molecule has 0 unspecified atom stereocenters. The van der Waals surface area contributed by atoms with E-state index >= 15 is 0 Å². The number of hydrogen-bond acceptors (Lipinski definition) is 6. The van der Waals surface area contributed by atoms with E-state index in [2.05, 4.69) is 42.9 Å². The first-order valence-corrected chi connectivity index (χ1v) is 12.3. The van der Waals surface area contributed by atoms with Gasteiger partial charge in [-0.1, -0.05) is 12.1 Å². The van der Waals surface area contributed by atoms with Crippen molar-refractivity contribution in [2.45, 2.75) is 56.8 Å². The van der Waals surface area contributed by atoms with E-state index in [-0.39, 0.29) is 40.5 Å². The summed E-state index contributed by atoms with van der Waals surface area (Å²) in [6, 6.07) is 5.72. The van der Waals surface area contributed by atoms with Gasteiger partial charge in [0, 0.05) is 29.3 Å². The highest BCUT2D eigenvalue weighted by atomic mass is 79.9. The molecular weight excluding hydrogens is 557 g/mol. The van der Waals surface area contributed by atoms with Crippen molar-refractivity contribution in [1.29, 1.82) is 5.26 Å². The van der Waals surface area contributed by atoms with Gasteiger partial charge in [-0.05, 0) is 61.0 Å². The van der Waals surface area contributed by atoms with Crippen molar-refractivity contribution in [2.75, 3.05) is 0 Å². The summed E-state index contributed by atoms with van der Waals surface area (Å²) in [5.74, 6) is -0.308. The van der Waals surface area contributed by atoms with Crippen LogP contribution in [0.5, 0.6) is 0 Å². The maximum atomic E-state index is 13.5. The number of halogens is 4. The molecule has 2 aliphatic rings. The summed E-state index contributed by atoms with van der Waals surface area (Å²) >= 11 is 3.06. The monoisotopic (exact) mass is 580 g/mol. The van der Waals surface area contributed by atoms with Crippen molar-refractivity contribution in [3.05, 3.63) is 51.8 Å². The highest BCUT2D eigenvalue weighted by Crippen LogP contribution is 2.48. The van der Waals surface area contributed by atoms with E-state index in [1.54, 1.807) is 20.2 Å². The Bertz CT molecular complexity index is 1290. The number of nitrogens with one attached hydrogen (secondary N) is 2. The summed E-state index contributed by atoms with van der Waals surface area (Å²) in [5.41, 5.74) is -0.0920. The van der Waals surface area contributed by atoms with E-state index in [1.165, 1.54) is 23.0 Å². The third kappa shape index (κ3) is 5.34. The minimum absolute atomic E-state index is 0.149. The number of alkyl halides is 3. The highest BCUT2D eigenvalue weighted by Gasteiger charge is 2.51. The lowest BCUT2D eigenvalue weighted by atomic mass is 9.65. The molecule has 1 atom stereocenters. The number of amides is 2. The van der Waals surface area contributed by atoms with Gasteiger partial charge >= 0.3 is 12.3 Å². The number of nitriles is 1. The first-order chi connectivity index (χ1) is 17.4. The first-order valence-electron chi connectivity index (χ1n) is 11.5. The predicted molar refractivity (Wildman–Crippen MR) is 129 cm³/mol. The summed E-state index contributed by atoms with van der Waals surface area (Å²) < 4.78 is 47.5. The van der Waals surface area contributed by atoms with Gasteiger partial charge in [0.25, 0.3) is 5.91 Å². The summed E-state index contributed by atoms with van der Waals surface area (Å²) in [6.45, 7) is 1.80. The largest absolute Gasteiger partial charge is 0.435 e. The van der Waals surface area contributed by atoms with Crippen molar-refractivity contribution in [2.24, 2.45) is 17.6 Å². The molecule has 196 valence electrons. The predicted octanol–water partition coefficient (Wildman–Crippen LogP) is 4.68. The Morgan fingerprint density at radius 1 is 1.35 bits per heavy atom. The second-order valence-corrected chi connectivity index (χ2v) is 10.3. The number of hydrazone groups is 1. The lowest BCUT2D eigenvalue weighted by Gasteiger charge is -2.45. The highest BCUT2D eigenvalue weighted by molar-refractivity contribution is 9.10. The Hall–Kier alpha value is -3.40. The first kappa shape index (κ1) is 26.7. The van der Waals surface area contributed by atoms with Crippen molar-refractivity contribution >= 4 is 33.6 Å². The van der Waals surface area contributed by atoms with Crippen molar-refractivity contribution in [3.8, 4) is 6.07 Å². The lowest BCUT2D eigenvalue weighted by molar-refractivity contribution is -0.138. The molecule has 1 saturated carbocycles. The van der Waals surface area contributed by atoms with Crippen molar-refractivity contribution < 1.29 is 27.5 Å². The quantitative estimate of drug-likeness (QED) is 0.532. The molecular formula is C24H24BrF3N6O3. The maximum Gasteiger partial charge on any atom is 0.428 e. The number of carbonyl (C=O) groups is 2. The fraction of sp³-hybridized carbons (Fsp3) is 0.458. The van der Waals surface area contributed by atoms with E-state index in [9.17, 15) is 28.0 Å². The molecule has 0 bridgehead atoms. The van der Waals surface area contributed by atoms with Gasteiger partial charge in [-0.3, -0.25) is 9.48 Å². The molecule has 1 aromatic heterocycles. The molecule has 1 aromatic carbocycles. The van der Waals surface area contributed by atoms with Crippen molar-refractivity contribution in [3.63, 3.8) is 0 Å². The van der Waals surface area contributed by atoms with Crippen LogP contribution in [0.1, 0.15) is 60.5 Å². The number of nitrogens with zero attached hydrogens (tertiary/aromatic N) is 4. The van der Waals surface area contributed by atoms with Gasteiger partial charge in [0.05, 0.1) is 28.8 Å². The number of carbonyl (C=O) groups excluding carboxylic acids is 2. The van der Waals surface area contributed by atoms with Gasteiger partial charge in [0.2, 0.25) is 0 Å². The molecule has 2 amide bonds. The van der Waals surface area contributed by atoms with Crippen molar-refractivity contribution in [1.82, 2.24) is 20.5 Å². The van der Waals surface area contributed by atoms with Gasteiger partial charge in [-0.2, -0.15) is 28.6 Å². The molecule has 1 aliphatic heterocycles. The fourth-order valence-electron chi connectivity index (χ4n) is 5.01. The van der Waals surface area contributed by atoms with Crippen LogP contribution in [-0.2, 0) is 18.0 Å². The Morgan fingerprint density at radius 2 is 2.05 bits per heavy atom. The molecule has 0 saturated heterocycles. The zero-order valence-corrected chi connectivity index (χ0v) is 21.6. The molecule has 9 nitrogen and oxygen atoms in total. The van der Waals surface area contributed by atoms with Crippen LogP contribution in [0.2, 0.25) is 0 Å². The topological polar surface area (TPSA) is 121 Å². The average molecular weight is 581 g/mol. The van der Waals surface area contributed by atoms with E-state index in [0.717, 1.165) is 6.07 Å². The number of rotatable bonds is 5. The Labute approximate surface area is 219 Å². The summed E-state index contributed by atoms with van der Waals surface area (Å²) in [4.78, 5) is 24.6. The fourth-order valence-corrected chi connectivity index (χ4v) is 5.68. The third-order valence-electron chi connectivity index (χ3n) is 6.83. The van der Waals surface area contributed by atoms with Crippen LogP contribution < -0.4 is 10.7 Å². The molecule has 1 fully saturated rings. The molecule has 2 N–H and O–H groups in total. The minimum atomic E-state index is -4.60. The molecule has 1 spiro atoms. The standard InChI is InChI=1S/C24H24BrF3N6O3/c1-14(31-20(35)15-11-30-34(2)12-15)10-22(13-29)6-8-23(9-7-22)19(32-33-21(36)37-23)16-4-3-5-17(18(16)25)24(26,27)28/h3-5,11-12,14H,6-10H2,1-2H3,(H,31,35)(H,33,36)/t14-,22?,23?/m0/s1. The average Bonchev–Trinajstić information content (AvgIpc) is 3.27. The van der Waals surface area contributed by atoms with Gasteiger partial charge in [-0.15, -0.1) is 0 Å². The minimum Gasteiger partial charge on any atom is -0.435 e. The molecule has 0 radical (unpaired) electrons. The van der Waals surface area contributed by atoms with Crippen LogP contribution in [-0.4, -0.2) is 39.1 Å². The summed E-state index contributed by atoms with van der Waals surface area (Å²) in [6.07, 6.45) is -1.09. The third-order valence-corrected chi connectivity index (χ3v) is 7.69. The molecule has 1 aliphatic carbocycles. The van der Waals surface area contributed by atoms with E-state index in [4.69, 9.17) is 4.74 Å². The molecule has 2 heterocycles. The zero-order valence-electron chi connectivity index (χ0n) is 20.0. The Morgan fingerprint density at radius 3 is 2.65 bits per heavy atom. The zero-order chi connectivity index (χ0) is 27.0. The molecule has 13 heteroatoms. The van der Waals surface area contributed by atoms with Crippen LogP contribution in [0.25, 0.3) is 0 Å².